The van der Waals surface area contributed by atoms with E-state index in [0.29, 0.717) is 43.2 Å². The molecule has 5 rings (SSSR count). The number of para-hydroxylation sites is 1. The summed E-state index contributed by atoms with van der Waals surface area (Å²) < 4.78 is 36.9. The number of hydrogen-bond donors (Lipinski definition) is 2. The van der Waals surface area contributed by atoms with Gasteiger partial charge in [0.1, 0.15) is 13.2 Å². The van der Waals surface area contributed by atoms with Crippen LogP contribution < -0.4 is 14.8 Å². The van der Waals surface area contributed by atoms with Crippen molar-refractivity contribution in [3.8, 4) is 11.5 Å². The van der Waals surface area contributed by atoms with Crippen LogP contribution in [0.5, 0.6) is 11.5 Å². The van der Waals surface area contributed by atoms with Gasteiger partial charge >= 0.3 is 5.97 Å². The fourth-order valence-corrected chi connectivity index (χ4v) is 7.77. The number of aryl methyl sites for hydroxylation is 2. The van der Waals surface area contributed by atoms with Gasteiger partial charge < -0.3 is 19.9 Å². The van der Waals surface area contributed by atoms with Crippen LogP contribution in [0, 0.1) is 5.92 Å². The number of carboxylic acid groups (broad SMARTS) is 1. The van der Waals surface area contributed by atoms with Crippen molar-refractivity contribution in [3.63, 3.8) is 0 Å². The highest BCUT2D eigenvalue weighted by molar-refractivity contribution is 7.91. The third-order valence-electron chi connectivity index (χ3n) is 8.54. The van der Waals surface area contributed by atoms with Crippen molar-refractivity contribution in [1.29, 1.82) is 0 Å². The fourth-order valence-electron chi connectivity index (χ4n) is 6.44. The number of amides is 1. The summed E-state index contributed by atoms with van der Waals surface area (Å²) in [6, 6.07) is 17.3. The van der Waals surface area contributed by atoms with Gasteiger partial charge in [0.2, 0.25) is 5.91 Å². The standard InChI is InChI=1S/C34H40N2O7S/c1-4-18-44(40,41)26-13-10-24(11-14-26)33-31(34(38)39)27(25-12-15-28-29(19-25)43-17-16-42-28)20-36(33)21-30(37)35-32-22(5-2)8-7-9-23(32)6-3/h7-15,19,27,31,33H,4-6,16-18,20-21H2,1-3H3,(H,35,37)(H,38,39)/t27-,31-,33+/m1/s1. The monoisotopic (exact) mass is 620 g/mol. The summed E-state index contributed by atoms with van der Waals surface area (Å²) in [5.74, 6) is -1.38. The number of carbonyl (C=O) groups is 2. The minimum atomic E-state index is -3.44. The first kappa shape index (κ1) is 31.5. The van der Waals surface area contributed by atoms with Crippen LogP contribution in [0.2, 0.25) is 0 Å². The van der Waals surface area contributed by atoms with Crippen molar-refractivity contribution >= 4 is 27.4 Å². The Morgan fingerprint density at radius 2 is 1.55 bits per heavy atom. The molecule has 2 N–H and O–H groups in total. The number of nitrogens with one attached hydrogen (secondary N) is 1. The molecule has 1 saturated heterocycles. The largest absolute Gasteiger partial charge is 0.486 e. The topological polar surface area (TPSA) is 122 Å². The number of fused-ring (bicyclic) bond motifs is 1. The number of carbonyl (C=O) groups excluding carboxylic acids is 1. The maximum atomic E-state index is 13.6. The Morgan fingerprint density at radius 3 is 2.16 bits per heavy atom. The quantitative estimate of drug-likeness (QED) is 0.298. The smallest absolute Gasteiger partial charge is 0.309 e. The minimum absolute atomic E-state index is 0.0327. The molecule has 3 aromatic rings. The zero-order chi connectivity index (χ0) is 31.4. The Bertz CT molecular complexity index is 1600. The van der Waals surface area contributed by atoms with E-state index in [1.165, 1.54) is 0 Å². The Hall–Kier alpha value is -3.89. The SMILES string of the molecule is CCCS(=O)(=O)c1ccc([C@H]2[C@H](C(=O)O)[C@@H](c3ccc4c(c3)OCCO4)CN2CC(=O)Nc2c(CC)cccc2CC)cc1. The lowest BCUT2D eigenvalue weighted by Gasteiger charge is -2.27. The molecule has 44 heavy (non-hydrogen) atoms. The Kier molecular flexibility index (Phi) is 9.60. The molecule has 3 atom stereocenters. The van der Waals surface area contributed by atoms with E-state index in [1.54, 1.807) is 30.3 Å². The molecule has 1 fully saturated rings. The van der Waals surface area contributed by atoms with Crippen LogP contribution in [0.25, 0.3) is 0 Å². The molecular weight excluding hydrogens is 580 g/mol. The first-order chi connectivity index (χ1) is 21.2. The summed E-state index contributed by atoms with van der Waals surface area (Å²) in [4.78, 5) is 28.7. The van der Waals surface area contributed by atoms with Crippen molar-refractivity contribution in [2.24, 2.45) is 5.92 Å². The molecule has 3 aromatic carbocycles. The molecule has 0 saturated carbocycles. The van der Waals surface area contributed by atoms with Crippen molar-refractivity contribution in [2.75, 3.05) is 37.4 Å². The minimum Gasteiger partial charge on any atom is -0.486 e. The van der Waals surface area contributed by atoms with E-state index in [2.05, 4.69) is 5.32 Å². The molecule has 0 spiro atoms. The molecule has 10 heteroatoms. The first-order valence-electron chi connectivity index (χ1n) is 15.3. The first-order valence-corrected chi connectivity index (χ1v) is 16.9. The van der Waals surface area contributed by atoms with E-state index in [0.717, 1.165) is 35.2 Å². The van der Waals surface area contributed by atoms with Crippen molar-refractivity contribution in [2.45, 2.75) is 56.9 Å². The van der Waals surface area contributed by atoms with Crippen LogP contribution in [0.1, 0.15) is 61.4 Å². The number of likely N-dealkylation sites (tertiary alicyclic amines) is 1. The number of hydrogen-bond acceptors (Lipinski definition) is 7. The number of aliphatic carboxylic acids is 1. The summed E-state index contributed by atoms with van der Waals surface area (Å²) in [5.41, 5.74) is 4.31. The molecule has 2 aliphatic heterocycles. The van der Waals surface area contributed by atoms with Gasteiger partial charge in [-0.3, -0.25) is 14.5 Å². The number of carboxylic acids is 1. The van der Waals surface area contributed by atoms with E-state index in [-0.39, 0.29) is 23.1 Å². The van der Waals surface area contributed by atoms with E-state index >= 15 is 0 Å². The summed E-state index contributed by atoms with van der Waals surface area (Å²) in [7, 11) is -3.44. The Morgan fingerprint density at radius 1 is 0.909 bits per heavy atom. The van der Waals surface area contributed by atoms with Gasteiger partial charge in [0.15, 0.2) is 21.3 Å². The Labute approximate surface area is 259 Å². The number of sulfone groups is 1. The molecule has 1 amide bonds. The van der Waals surface area contributed by atoms with Gasteiger partial charge in [0.25, 0.3) is 0 Å². The van der Waals surface area contributed by atoms with Crippen LogP contribution in [0.4, 0.5) is 5.69 Å². The molecular formula is C34H40N2O7S. The number of anilines is 1. The maximum Gasteiger partial charge on any atom is 0.309 e. The van der Waals surface area contributed by atoms with Gasteiger partial charge in [-0.15, -0.1) is 0 Å². The van der Waals surface area contributed by atoms with Gasteiger partial charge in [-0.05, 0) is 65.8 Å². The average molecular weight is 621 g/mol. The highest BCUT2D eigenvalue weighted by Crippen LogP contribution is 2.47. The third-order valence-corrected chi connectivity index (χ3v) is 10.5. The summed E-state index contributed by atoms with van der Waals surface area (Å²) in [5, 5.41) is 13.7. The maximum absolute atomic E-state index is 13.6. The van der Waals surface area contributed by atoms with Crippen LogP contribution in [-0.4, -0.2) is 62.4 Å². The van der Waals surface area contributed by atoms with Crippen LogP contribution in [0.15, 0.2) is 65.6 Å². The molecule has 2 heterocycles. The van der Waals surface area contributed by atoms with Gasteiger partial charge in [0.05, 0.1) is 23.1 Å². The van der Waals surface area contributed by atoms with Crippen molar-refractivity contribution in [1.82, 2.24) is 4.90 Å². The number of rotatable bonds is 11. The van der Waals surface area contributed by atoms with Gasteiger partial charge in [-0.2, -0.15) is 0 Å². The summed E-state index contributed by atoms with van der Waals surface area (Å²) >= 11 is 0. The molecule has 0 radical (unpaired) electrons. The molecule has 0 aliphatic carbocycles. The zero-order valence-corrected chi connectivity index (χ0v) is 26.2. The molecule has 0 bridgehead atoms. The second-order valence-corrected chi connectivity index (χ2v) is 13.5. The predicted molar refractivity (Wildman–Crippen MR) is 168 cm³/mol. The molecule has 234 valence electrons. The average Bonchev–Trinajstić information content (AvgIpc) is 3.40. The highest BCUT2D eigenvalue weighted by Gasteiger charge is 2.48. The van der Waals surface area contributed by atoms with Crippen molar-refractivity contribution in [3.05, 3.63) is 82.9 Å². The van der Waals surface area contributed by atoms with Crippen molar-refractivity contribution < 1.29 is 32.6 Å². The summed E-state index contributed by atoms with van der Waals surface area (Å²) in [6.07, 6.45) is 2.02. The number of benzene rings is 3. The normalized spacial score (nSPS) is 19.9. The second-order valence-electron chi connectivity index (χ2n) is 11.3. The lowest BCUT2D eigenvalue weighted by atomic mass is 9.82. The highest BCUT2D eigenvalue weighted by atomic mass is 32.2. The van der Waals surface area contributed by atoms with E-state index in [4.69, 9.17) is 9.47 Å². The predicted octanol–water partition coefficient (Wildman–Crippen LogP) is 5.25. The van der Waals surface area contributed by atoms with E-state index in [9.17, 15) is 23.1 Å². The summed E-state index contributed by atoms with van der Waals surface area (Å²) in [6.45, 7) is 7.02. The van der Waals surface area contributed by atoms with Gasteiger partial charge in [-0.1, -0.05) is 57.2 Å². The van der Waals surface area contributed by atoms with E-state index in [1.807, 2.05) is 56.0 Å². The third kappa shape index (κ3) is 6.46. The lowest BCUT2D eigenvalue weighted by Crippen LogP contribution is -2.35. The fraction of sp³-hybridized carbons (Fsp3) is 0.412. The number of nitrogens with zero attached hydrogens (tertiary/aromatic N) is 1. The van der Waals surface area contributed by atoms with E-state index < -0.39 is 33.7 Å². The molecule has 0 unspecified atom stereocenters. The van der Waals surface area contributed by atoms with Crippen LogP contribution in [0.3, 0.4) is 0 Å². The molecule has 0 aromatic heterocycles. The second kappa shape index (κ2) is 13.4. The lowest BCUT2D eigenvalue weighted by molar-refractivity contribution is -0.143. The van der Waals surface area contributed by atoms with Gasteiger partial charge in [0, 0.05) is 24.2 Å². The van der Waals surface area contributed by atoms with Gasteiger partial charge in [-0.25, -0.2) is 8.42 Å². The molecule has 9 nitrogen and oxygen atoms in total. The molecule has 2 aliphatic rings. The van der Waals surface area contributed by atoms with Crippen LogP contribution >= 0.6 is 0 Å². The Balaban J connectivity index is 1.51. The zero-order valence-electron chi connectivity index (χ0n) is 25.4. The number of ether oxygens (including phenoxy) is 2. The van der Waals surface area contributed by atoms with Crippen LogP contribution in [-0.2, 0) is 32.3 Å².